The number of amides is 1. The van der Waals surface area contributed by atoms with E-state index in [9.17, 15) is 4.79 Å². The van der Waals surface area contributed by atoms with Crippen molar-refractivity contribution in [3.05, 3.63) is 29.8 Å². The molecule has 110 valence electrons. The van der Waals surface area contributed by atoms with Crippen LogP contribution in [0.15, 0.2) is 24.3 Å². The molecule has 1 aliphatic heterocycles. The van der Waals surface area contributed by atoms with Crippen LogP contribution >= 0.6 is 0 Å². The molecule has 4 nitrogen and oxygen atoms in total. The van der Waals surface area contributed by atoms with Crippen LogP contribution in [0.1, 0.15) is 38.8 Å². The van der Waals surface area contributed by atoms with Gasteiger partial charge >= 0.3 is 0 Å². The van der Waals surface area contributed by atoms with Crippen molar-refractivity contribution in [2.45, 2.75) is 39.3 Å². The monoisotopic (exact) mass is 276 g/mol. The third-order valence-corrected chi connectivity index (χ3v) is 3.52. The molecule has 1 fully saturated rings. The Hall–Kier alpha value is -1.55. The van der Waals surface area contributed by atoms with Crippen molar-refractivity contribution >= 4 is 5.91 Å². The first kappa shape index (κ1) is 14.9. The number of ether oxygens (including phenoxy) is 1. The van der Waals surface area contributed by atoms with Gasteiger partial charge in [0.05, 0.1) is 18.1 Å². The topological polar surface area (TPSA) is 50.4 Å². The predicted octanol–water partition coefficient (Wildman–Crippen LogP) is 2.26. The molecule has 0 aromatic heterocycles. The maximum absolute atomic E-state index is 12.1. The van der Waals surface area contributed by atoms with E-state index in [1.165, 1.54) is 0 Å². The summed E-state index contributed by atoms with van der Waals surface area (Å²) in [5.74, 6) is 1.09. The first-order chi connectivity index (χ1) is 9.56. The van der Waals surface area contributed by atoms with Crippen LogP contribution in [0.3, 0.4) is 0 Å². The molecule has 0 spiro atoms. The van der Waals surface area contributed by atoms with Gasteiger partial charge < -0.3 is 15.4 Å². The van der Waals surface area contributed by atoms with Crippen molar-refractivity contribution in [3.63, 3.8) is 0 Å². The van der Waals surface area contributed by atoms with Crippen LogP contribution in [0.2, 0.25) is 0 Å². The highest BCUT2D eigenvalue weighted by Crippen LogP contribution is 2.21. The van der Waals surface area contributed by atoms with E-state index in [1.54, 1.807) is 0 Å². The fraction of sp³-hybridized carbons (Fsp3) is 0.562. The summed E-state index contributed by atoms with van der Waals surface area (Å²) in [6, 6.07) is 7.92. The Morgan fingerprint density at radius 1 is 1.40 bits per heavy atom. The highest BCUT2D eigenvalue weighted by atomic mass is 16.5. The Kier molecular flexibility index (Phi) is 5.01. The van der Waals surface area contributed by atoms with Crippen molar-refractivity contribution < 1.29 is 9.53 Å². The van der Waals surface area contributed by atoms with E-state index < -0.39 is 0 Å². The second-order valence-corrected chi connectivity index (χ2v) is 5.66. The maximum atomic E-state index is 12.1. The number of hydrogen-bond donors (Lipinski definition) is 2. The van der Waals surface area contributed by atoms with Crippen LogP contribution in [-0.4, -0.2) is 25.1 Å². The molecular weight excluding hydrogens is 252 g/mol. The van der Waals surface area contributed by atoms with Gasteiger partial charge in [-0.25, -0.2) is 0 Å². The normalized spacial score (nSPS) is 19.9. The lowest BCUT2D eigenvalue weighted by atomic mass is 10.0. The Bertz CT molecular complexity index is 454. The summed E-state index contributed by atoms with van der Waals surface area (Å²) in [6.07, 6.45) is 1.08. The Morgan fingerprint density at radius 3 is 2.85 bits per heavy atom. The number of rotatable bonds is 5. The maximum Gasteiger partial charge on any atom is 0.224 e. The summed E-state index contributed by atoms with van der Waals surface area (Å²) in [7, 11) is 0. The average molecular weight is 276 g/mol. The zero-order valence-corrected chi connectivity index (χ0v) is 12.5. The molecule has 20 heavy (non-hydrogen) atoms. The van der Waals surface area contributed by atoms with Crippen molar-refractivity contribution in [2.24, 2.45) is 5.92 Å². The number of carbonyl (C=O) groups is 1. The molecule has 4 heteroatoms. The van der Waals surface area contributed by atoms with Gasteiger partial charge in [-0.05, 0) is 51.4 Å². The lowest BCUT2D eigenvalue weighted by molar-refractivity contribution is -0.125. The largest absolute Gasteiger partial charge is 0.491 e. The molecule has 2 unspecified atom stereocenters. The van der Waals surface area contributed by atoms with E-state index in [4.69, 9.17) is 4.74 Å². The molecule has 0 aliphatic carbocycles. The quantitative estimate of drug-likeness (QED) is 0.867. The number of carbonyl (C=O) groups excluding carboxylic acids is 1. The van der Waals surface area contributed by atoms with Crippen LogP contribution in [-0.2, 0) is 4.79 Å². The highest BCUT2D eigenvalue weighted by molar-refractivity contribution is 5.79. The number of nitrogens with one attached hydrogen (secondary N) is 2. The molecule has 1 amide bonds. The smallest absolute Gasteiger partial charge is 0.224 e. The van der Waals surface area contributed by atoms with Crippen molar-refractivity contribution in [1.82, 2.24) is 10.6 Å². The first-order valence-corrected chi connectivity index (χ1v) is 7.34. The minimum absolute atomic E-state index is 0.00110. The lowest BCUT2D eigenvalue weighted by Crippen LogP contribution is -2.33. The summed E-state index contributed by atoms with van der Waals surface area (Å²) in [5.41, 5.74) is 1.07. The Labute approximate surface area is 120 Å². The van der Waals surface area contributed by atoms with Gasteiger partial charge in [0.15, 0.2) is 0 Å². The zero-order valence-electron chi connectivity index (χ0n) is 12.5. The molecule has 0 saturated carbocycles. The molecule has 2 atom stereocenters. The molecule has 1 aliphatic rings. The van der Waals surface area contributed by atoms with E-state index in [1.807, 2.05) is 45.0 Å². The third-order valence-electron chi connectivity index (χ3n) is 3.52. The summed E-state index contributed by atoms with van der Waals surface area (Å²) in [4.78, 5) is 12.1. The van der Waals surface area contributed by atoms with Crippen molar-refractivity contribution in [1.29, 1.82) is 0 Å². The second kappa shape index (κ2) is 6.75. The van der Waals surface area contributed by atoms with Gasteiger partial charge in [0.2, 0.25) is 5.91 Å². The molecular formula is C16H24N2O2. The van der Waals surface area contributed by atoms with E-state index in [2.05, 4.69) is 10.6 Å². The standard InChI is InChI=1S/C16H24N2O2/c1-11(2)20-15-6-4-5-13(9-15)12(3)18-16(19)14-7-8-17-10-14/h4-6,9,11-12,14,17H,7-8,10H2,1-3H3,(H,18,19). The van der Waals surface area contributed by atoms with Gasteiger partial charge in [-0.15, -0.1) is 0 Å². The lowest BCUT2D eigenvalue weighted by Gasteiger charge is -2.18. The molecule has 1 aromatic carbocycles. The van der Waals surface area contributed by atoms with Crippen LogP contribution in [0.25, 0.3) is 0 Å². The van der Waals surface area contributed by atoms with Crippen LogP contribution in [0.4, 0.5) is 0 Å². The van der Waals surface area contributed by atoms with Gasteiger partial charge in [0.1, 0.15) is 5.75 Å². The second-order valence-electron chi connectivity index (χ2n) is 5.66. The number of benzene rings is 1. The third kappa shape index (κ3) is 3.97. The molecule has 1 saturated heterocycles. The van der Waals surface area contributed by atoms with Crippen molar-refractivity contribution in [2.75, 3.05) is 13.1 Å². The summed E-state index contributed by atoms with van der Waals surface area (Å²) in [6.45, 7) is 7.74. The fourth-order valence-electron chi connectivity index (χ4n) is 2.42. The molecule has 2 rings (SSSR count). The molecule has 0 bridgehead atoms. The van der Waals surface area contributed by atoms with E-state index >= 15 is 0 Å². The van der Waals surface area contributed by atoms with Gasteiger partial charge in [0.25, 0.3) is 0 Å². The summed E-state index contributed by atoms with van der Waals surface area (Å²) >= 11 is 0. The van der Waals surface area contributed by atoms with Gasteiger partial charge in [-0.3, -0.25) is 4.79 Å². The van der Waals surface area contributed by atoms with Gasteiger partial charge in [-0.1, -0.05) is 12.1 Å². The Balaban J connectivity index is 1.97. The van der Waals surface area contributed by atoms with E-state index in [0.29, 0.717) is 0 Å². The minimum Gasteiger partial charge on any atom is -0.491 e. The summed E-state index contributed by atoms with van der Waals surface area (Å²) < 4.78 is 5.69. The first-order valence-electron chi connectivity index (χ1n) is 7.34. The van der Waals surface area contributed by atoms with Gasteiger partial charge in [-0.2, -0.15) is 0 Å². The molecule has 0 radical (unpaired) electrons. The number of hydrogen-bond acceptors (Lipinski definition) is 3. The highest BCUT2D eigenvalue weighted by Gasteiger charge is 2.23. The zero-order chi connectivity index (χ0) is 14.5. The van der Waals surface area contributed by atoms with Crippen LogP contribution in [0.5, 0.6) is 5.75 Å². The molecule has 1 aromatic rings. The SMILES string of the molecule is CC(C)Oc1cccc(C(C)NC(=O)C2CCNC2)c1. The van der Waals surface area contributed by atoms with Crippen LogP contribution in [0, 0.1) is 5.92 Å². The Morgan fingerprint density at radius 2 is 2.20 bits per heavy atom. The average Bonchev–Trinajstić information content (AvgIpc) is 2.92. The predicted molar refractivity (Wildman–Crippen MR) is 79.7 cm³/mol. The molecule has 2 N–H and O–H groups in total. The van der Waals surface area contributed by atoms with E-state index in [0.717, 1.165) is 30.8 Å². The van der Waals surface area contributed by atoms with E-state index in [-0.39, 0.29) is 24.0 Å². The van der Waals surface area contributed by atoms with Gasteiger partial charge in [0, 0.05) is 6.54 Å². The summed E-state index contributed by atoms with van der Waals surface area (Å²) in [5, 5.41) is 6.30. The molecule has 1 heterocycles. The van der Waals surface area contributed by atoms with Crippen LogP contribution < -0.4 is 15.4 Å². The van der Waals surface area contributed by atoms with Crippen molar-refractivity contribution in [3.8, 4) is 5.75 Å². The minimum atomic E-state index is -0.00110. The fourth-order valence-corrected chi connectivity index (χ4v) is 2.42.